The molecule has 2 bridgehead atoms. The first kappa shape index (κ1) is 46.2. The van der Waals surface area contributed by atoms with Crippen molar-refractivity contribution in [3.63, 3.8) is 0 Å². The maximum atomic E-state index is 14.6. The molecule has 0 saturated carbocycles. The van der Waals surface area contributed by atoms with Gasteiger partial charge in [-0.2, -0.15) is 0 Å². The normalized spacial score (nSPS) is 21.7. The van der Waals surface area contributed by atoms with Crippen molar-refractivity contribution in [1.82, 2.24) is 45.4 Å². The molecule has 8 heterocycles. The number of phenolic OH excluding ortho intramolecular Hbond substituents is 1. The molecule has 4 aliphatic rings. The van der Waals surface area contributed by atoms with Gasteiger partial charge in [0.25, 0.3) is 0 Å². The second kappa shape index (κ2) is 19.8. The van der Waals surface area contributed by atoms with Crippen molar-refractivity contribution in [1.29, 1.82) is 0 Å². The van der Waals surface area contributed by atoms with Crippen molar-refractivity contribution in [2.24, 2.45) is 5.92 Å². The Balaban J connectivity index is 0.726. The monoisotopic (exact) mass is 952 g/mol. The number of carbonyl (C=O) groups excluding carboxylic acids is 2. The Hall–Kier alpha value is -6.50. The summed E-state index contributed by atoms with van der Waals surface area (Å²) >= 11 is 1.60. The summed E-state index contributed by atoms with van der Waals surface area (Å²) in [7, 11) is 0. The average molecular weight is 953 g/mol. The summed E-state index contributed by atoms with van der Waals surface area (Å²) in [5.41, 5.74) is 15.1. The fourth-order valence-electron chi connectivity index (χ4n) is 10.9. The lowest BCUT2D eigenvalue weighted by molar-refractivity contribution is -0.141. The zero-order valence-corrected chi connectivity index (χ0v) is 40.1. The number of aromatic nitrogens is 6. The lowest BCUT2D eigenvalue weighted by Gasteiger charge is -2.42. The fraction of sp³-hybridized carbons (Fsp3) is 0.451. The number of likely N-dealkylation sites (tertiary alicyclic amines) is 2. The number of nitrogen functional groups attached to an aromatic ring is 1. The third-order valence-electron chi connectivity index (χ3n) is 14.7. The van der Waals surface area contributed by atoms with Gasteiger partial charge in [-0.15, -0.1) is 21.5 Å². The van der Waals surface area contributed by atoms with Gasteiger partial charge in [-0.25, -0.2) is 15.0 Å². The number of phenols is 1. The number of β-amino-alcohol motifs (C(OH)–C–C–N with tert-alkyl or cyclic N) is 1. The highest BCUT2D eigenvalue weighted by atomic mass is 32.1. The quantitative estimate of drug-likeness (QED) is 0.0974. The number of para-hydroxylation sites is 1. The number of piperazine rings is 1. The summed E-state index contributed by atoms with van der Waals surface area (Å²) < 4.78 is 5.76. The van der Waals surface area contributed by atoms with Crippen molar-refractivity contribution in [3.8, 4) is 27.4 Å². The third kappa shape index (κ3) is 9.74. The molecule has 17 nitrogen and oxygen atoms in total. The van der Waals surface area contributed by atoms with E-state index in [1.54, 1.807) is 28.4 Å². The number of nitrogens with two attached hydrogens (primary N) is 1. The minimum Gasteiger partial charge on any atom is -0.507 e. The molecule has 18 heteroatoms. The lowest BCUT2D eigenvalue weighted by atomic mass is 9.86. The number of nitrogens with one attached hydrogen (secondary N) is 1. The maximum Gasteiger partial charge on any atom is 0.243 e. The predicted octanol–water partition coefficient (Wildman–Crippen LogP) is 6.07. The van der Waals surface area contributed by atoms with Gasteiger partial charge in [0.05, 0.1) is 39.3 Å². The number of amides is 2. The Morgan fingerprint density at radius 3 is 2.36 bits per heavy atom. The minimum absolute atomic E-state index is 0.0789. The van der Waals surface area contributed by atoms with E-state index in [0.717, 1.165) is 104 Å². The topological polar surface area (TPSA) is 216 Å². The van der Waals surface area contributed by atoms with Crippen LogP contribution in [0, 0.1) is 19.8 Å². The van der Waals surface area contributed by atoms with Crippen molar-refractivity contribution in [2.45, 2.75) is 102 Å². The lowest BCUT2D eigenvalue weighted by Crippen LogP contribution is -2.54. The molecule has 0 spiro atoms. The zero-order valence-electron chi connectivity index (χ0n) is 39.3. The van der Waals surface area contributed by atoms with E-state index in [2.05, 4.69) is 47.3 Å². The van der Waals surface area contributed by atoms with E-state index in [4.69, 9.17) is 20.2 Å². The molecule has 4 fully saturated rings. The van der Waals surface area contributed by atoms with Crippen molar-refractivity contribution in [2.75, 3.05) is 54.8 Å². The molecule has 2 aromatic carbocycles. The molecule has 4 aliphatic heterocycles. The van der Waals surface area contributed by atoms with Gasteiger partial charge >= 0.3 is 0 Å². The van der Waals surface area contributed by atoms with Crippen LogP contribution in [0.3, 0.4) is 0 Å². The largest absolute Gasteiger partial charge is 0.507 e. The predicted molar refractivity (Wildman–Crippen MR) is 264 cm³/mol. The van der Waals surface area contributed by atoms with Gasteiger partial charge < -0.3 is 45.4 Å². The van der Waals surface area contributed by atoms with Gasteiger partial charge in [0.2, 0.25) is 17.8 Å². The van der Waals surface area contributed by atoms with Gasteiger partial charge in [-0.3, -0.25) is 9.59 Å². The number of nitrogens with zero attached hydrogens (tertiary/aromatic N) is 10. The first-order valence-corrected chi connectivity index (χ1v) is 25.0. The number of rotatable bonds is 14. The average Bonchev–Trinajstić information content (AvgIpc) is 4.16. The molecule has 360 valence electrons. The van der Waals surface area contributed by atoms with E-state index in [9.17, 15) is 19.8 Å². The smallest absolute Gasteiger partial charge is 0.243 e. The molecular formula is C51H60N12O5S. The Bertz CT molecular complexity index is 2750. The zero-order chi connectivity index (χ0) is 47.8. The molecule has 4 unspecified atom stereocenters. The summed E-state index contributed by atoms with van der Waals surface area (Å²) in [4.78, 5) is 52.3. The number of aliphatic hydroxyl groups is 1. The number of hydrogen-bond acceptors (Lipinski definition) is 16. The second-order valence-corrected chi connectivity index (χ2v) is 20.2. The van der Waals surface area contributed by atoms with Crippen molar-refractivity contribution < 1.29 is 24.3 Å². The summed E-state index contributed by atoms with van der Waals surface area (Å²) in [6.07, 6.45) is 8.15. The number of carbonyl (C=O) groups is 2. The van der Waals surface area contributed by atoms with Gasteiger partial charge in [0, 0.05) is 68.7 Å². The first-order chi connectivity index (χ1) is 33.5. The summed E-state index contributed by atoms with van der Waals surface area (Å²) in [5, 5.41) is 37.0. The number of hydrogen-bond donors (Lipinski definition) is 4. The highest BCUT2D eigenvalue weighted by molar-refractivity contribution is 7.13. The number of aliphatic hydroxyl groups excluding tert-OH is 1. The number of aryl methyl sites for hydroxylation is 2. The number of benzene rings is 2. The van der Waals surface area contributed by atoms with Crippen LogP contribution in [0.4, 0.5) is 17.5 Å². The van der Waals surface area contributed by atoms with Crippen LogP contribution in [-0.2, 0) is 16.1 Å². The number of aromatic hydroxyl groups is 1. The maximum absolute atomic E-state index is 14.6. The molecule has 4 aromatic heterocycles. The molecule has 2 amide bonds. The highest BCUT2D eigenvalue weighted by Crippen LogP contribution is 2.39. The van der Waals surface area contributed by atoms with E-state index in [1.807, 2.05) is 80.3 Å². The van der Waals surface area contributed by atoms with Crippen molar-refractivity contribution >= 4 is 40.6 Å². The molecule has 4 saturated heterocycles. The minimum atomic E-state index is -0.808. The van der Waals surface area contributed by atoms with Crippen LogP contribution in [0.2, 0.25) is 0 Å². The Morgan fingerprint density at radius 2 is 1.68 bits per heavy atom. The van der Waals surface area contributed by atoms with E-state index >= 15 is 0 Å². The van der Waals surface area contributed by atoms with Gasteiger partial charge in [-0.1, -0.05) is 48.5 Å². The first-order valence-electron chi connectivity index (χ1n) is 24.2. The van der Waals surface area contributed by atoms with Crippen LogP contribution in [0.1, 0.15) is 85.6 Å². The van der Waals surface area contributed by atoms with Gasteiger partial charge in [-0.05, 0) is 112 Å². The van der Waals surface area contributed by atoms with E-state index < -0.39 is 18.1 Å². The Morgan fingerprint density at radius 1 is 0.942 bits per heavy atom. The number of thiazole rings is 1. The van der Waals surface area contributed by atoms with Crippen LogP contribution in [0.25, 0.3) is 21.7 Å². The van der Waals surface area contributed by atoms with E-state index in [0.29, 0.717) is 41.0 Å². The molecule has 0 radical (unpaired) electrons. The Kier molecular flexibility index (Phi) is 13.3. The summed E-state index contributed by atoms with van der Waals surface area (Å²) in [6.45, 7) is 10.4. The van der Waals surface area contributed by atoms with Crippen LogP contribution >= 0.6 is 11.3 Å². The summed E-state index contributed by atoms with van der Waals surface area (Å²) in [6, 6.07) is 18.6. The van der Waals surface area contributed by atoms with Crippen molar-refractivity contribution in [3.05, 3.63) is 107 Å². The highest BCUT2D eigenvalue weighted by Gasteiger charge is 2.45. The molecule has 0 aliphatic carbocycles. The second-order valence-electron chi connectivity index (χ2n) is 19.3. The molecule has 6 aromatic rings. The fourth-order valence-corrected chi connectivity index (χ4v) is 11.7. The molecule has 5 N–H and O–H groups in total. The standard InChI is InChI=1S/C51H60N12O5S/c1-30(46(45-20-31(2)59-68-45)50(67)62-28-39(64)21-43(62)49(66)53-23-33-8-10-35(11-9-33)47-32(3)56-29-69-47)14-17-60-18-15-34(16-19-60)36-24-54-51(55-25-36)63-37-12-13-38(63)27-61(26-37)42-22-41(57-58-48(42)52)40-6-4-5-7-44(40)65/h4-11,20,22,24-25,29-30,34,37-39,43,46,64-65H,12-19,21,23,26-28H2,1-3H3,(H2,52,58)(H,53,66)/t30?,37?,38?,39-,43+,46?/m1/s1. The SMILES string of the molecule is Cc1cc(C(C(=O)N2C[C@H](O)C[C@H]2C(=O)NCc2ccc(-c3scnc3C)cc2)C(C)CCN2CCC(c3cnc(N4C5CCC4CN(c4cc(-c6ccccc6O)nnc4N)C5)nc3)CC2)on1. The Labute approximate surface area is 405 Å². The van der Waals surface area contributed by atoms with Gasteiger partial charge in [0.1, 0.15) is 23.5 Å². The van der Waals surface area contributed by atoms with E-state index in [1.165, 1.54) is 0 Å². The molecule has 10 rings (SSSR count). The van der Waals surface area contributed by atoms with Gasteiger partial charge in [0.15, 0.2) is 5.82 Å². The van der Waals surface area contributed by atoms with Crippen LogP contribution < -0.4 is 20.9 Å². The third-order valence-corrected chi connectivity index (χ3v) is 15.7. The number of anilines is 3. The summed E-state index contributed by atoms with van der Waals surface area (Å²) in [5.74, 6) is 0.820. The van der Waals surface area contributed by atoms with Crippen LogP contribution in [0.15, 0.2) is 83.1 Å². The molecule has 69 heavy (non-hydrogen) atoms. The molecule has 6 atom stereocenters. The van der Waals surface area contributed by atoms with Crippen LogP contribution in [0.5, 0.6) is 5.75 Å². The number of fused-ring (bicyclic) bond motifs is 2. The number of piperidine rings is 1. The molecular weight excluding hydrogens is 893 g/mol. The van der Waals surface area contributed by atoms with E-state index in [-0.39, 0.29) is 48.5 Å². The van der Waals surface area contributed by atoms with Crippen LogP contribution in [-0.4, -0.2) is 126 Å².